The van der Waals surface area contributed by atoms with Crippen molar-refractivity contribution in [3.05, 3.63) is 18.2 Å². The molecule has 3 atom stereocenters. The highest BCUT2D eigenvalue weighted by molar-refractivity contribution is 4.94. The second-order valence-corrected chi connectivity index (χ2v) is 6.85. The lowest BCUT2D eigenvalue weighted by Gasteiger charge is -2.38. The summed E-state index contributed by atoms with van der Waals surface area (Å²) >= 11 is 0. The van der Waals surface area contributed by atoms with Crippen LogP contribution in [-0.2, 0) is 13.1 Å². The third-order valence-electron chi connectivity index (χ3n) is 4.81. The zero-order valence-electron chi connectivity index (χ0n) is 13.6. The van der Waals surface area contributed by atoms with Crippen LogP contribution in [0.2, 0.25) is 0 Å². The molecule has 1 heterocycles. The van der Waals surface area contributed by atoms with Crippen LogP contribution in [0.5, 0.6) is 0 Å². The summed E-state index contributed by atoms with van der Waals surface area (Å²) in [4.78, 5) is 4.51. The molecule has 1 aromatic rings. The second-order valence-electron chi connectivity index (χ2n) is 6.85. The van der Waals surface area contributed by atoms with Crippen molar-refractivity contribution in [2.45, 2.75) is 72.5 Å². The van der Waals surface area contributed by atoms with Gasteiger partial charge in [0.2, 0.25) is 0 Å². The van der Waals surface area contributed by atoms with Crippen LogP contribution in [-0.4, -0.2) is 15.6 Å². The van der Waals surface area contributed by atoms with Gasteiger partial charge in [-0.25, -0.2) is 4.98 Å². The van der Waals surface area contributed by atoms with E-state index in [1.165, 1.54) is 31.5 Å². The van der Waals surface area contributed by atoms with Gasteiger partial charge in [0.15, 0.2) is 0 Å². The molecule has 1 saturated carbocycles. The van der Waals surface area contributed by atoms with Gasteiger partial charge in [-0.2, -0.15) is 0 Å². The molecule has 1 aliphatic carbocycles. The van der Waals surface area contributed by atoms with E-state index >= 15 is 0 Å². The van der Waals surface area contributed by atoms with Crippen LogP contribution in [0.3, 0.4) is 0 Å². The minimum Gasteiger partial charge on any atom is -0.334 e. The Morgan fingerprint density at radius 1 is 1.40 bits per heavy atom. The fourth-order valence-corrected chi connectivity index (χ4v) is 3.61. The Labute approximate surface area is 124 Å². The van der Waals surface area contributed by atoms with Gasteiger partial charge in [-0.1, -0.05) is 34.1 Å². The molecular formula is C17H31N3. The lowest BCUT2D eigenvalue weighted by molar-refractivity contribution is 0.168. The standard InChI is InChI=1S/C17H31N3/c1-5-9-20-10-8-18-17(20)12-19-16-11-14(4)6-7-15(16)13(2)3/h8,10,13-16,19H,5-7,9,11-12H2,1-4H3. The summed E-state index contributed by atoms with van der Waals surface area (Å²) in [6.07, 6.45) is 9.28. The number of aromatic nitrogens is 2. The Bertz CT molecular complexity index is 397. The quantitative estimate of drug-likeness (QED) is 0.856. The van der Waals surface area contributed by atoms with Gasteiger partial charge in [-0.3, -0.25) is 0 Å². The molecule has 0 aliphatic heterocycles. The van der Waals surface area contributed by atoms with Crippen LogP contribution >= 0.6 is 0 Å². The molecule has 3 heteroatoms. The molecule has 1 aliphatic rings. The lowest BCUT2D eigenvalue weighted by Crippen LogP contribution is -2.42. The highest BCUT2D eigenvalue weighted by atomic mass is 15.1. The largest absolute Gasteiger partial charge is 0.334 e. The minimum atomic E-state index is 0.658. The molecule has 0 spiro atoms. The Kier molecular flexibility index (Phi) is 5.64. The first kappa shape index (κ1) is 15.6. The monoisotopic (exact) mass is 277 g/mol. The van der Waals surface area contributed by atoms with E-state index in [2.05, 4.69) is 48.8 Å². The minimum absolute atomic E-state index is 0.658. The topological polar surface area (TPSA) is 29.9 Å². The maximum Gasteiger partial charge on any atom is 0.122 e. The second kappa shape index (κ2) is 7.26. The van der Waals surface area contributed by atoms with Crippen LogP contribution in [0.25, 0.3) is 0 Å². The lowest BCUT2D eigenvalue weighted by atomic mass is 9.74. The average Bonchev–Trinajstić information content (AvgIpc) is 2.84. The maximum absolute atomic E-state index is 4.51. The first-order valence-electron chi connectivity index (χ1n) is 8.35. The smallest absolute Gasteiger partial charge is 0.122 e. The van der Waals surface area contributed by atoms with Crippen LogP contribution < -0.4 is 5.32 Å². The Hall–Kier alpha value is -0.830. The van der Waals surface area contributed by atoms with E-state index in [1.54, 1.807) is 0 Å². The van der Waals surface area contributed by atoms with Crippen molar-refractivity contribution in [3.63, 3.8) is 0 Å². The molecule has 1 N–H and O–H groups in total. The van der Waals surface area contributed by atoms with E-state index in [4.69, 9.17) is 0 Å². The van der Waals surface area contributed by atoms with Gasteiger partial charge in [0, 0.05) is 25.0 Å². The van der Waals surface area contributed by atoms with Crippen molar-refractivity contribution < 1.29 is 0 Å². The van der Waals surface area contributed by atoms with E-state index in [9.17, 15) is 0 Å². The average molecular weight is 277 g/mol. The summed E-state index contributed by atoms with van der Waals surface area (Å²) in [7, 11) is 0. The first-order valence-corrected chi connectivity index (χ1v) is 8.35. The van der Waals surface area contributed by atoms with Crippen LogP contribution in [0.15, 0.2) is 12.4 Å². The molecule has 0 radical (unpaired) electrons. The normalized spacial score (nSPS) is 27.1. The number of nitrogens with one attached hydrogen (secondary N) is 1. The molecule has 114 valence electrons. The van der Waals surface area contributed by atoms with E-state index in [0.717, 1.165) is 30.8 Å². The summed E-state index contributed by atoms with van der Waals surface area (Å²) in [6.45, 7) is 11.3. The van der Waals surface area contributed by atoms with E-state index in [-0.39, 0.29) is 0 Å². The van der Waals surface area contributed by atoms with Crippen molar-refractivity contribution >= 4 is 0 Å². The summed E-state index contributed by atoms with van der Waals surface area (Å²) < 4.78 is 2.28. The van der Waals surface area contributed by atoms with Crippen molar-refractivity contribution in [2.75, 3.05) is 0 Å². The molecule has 0 saturated heterocycles. The SMILES string of the molecule is CCCn1ccnc1CNC1CC(C)CCC1C(C)C. The summed E-state index contributed by atoms with van der Waals surface area (Å²) in [6, 6.07) is 0.658. The van der Waals surface area contributed by atoms with Gasteiger partial charge in [0.05, 0.1) is 6.54 Å². The van der Waals surface area contributed by atoms with Crippen molar-refractivity contribution in [1.29, 1.82) is 0 Å². The fourth-order valence-electron chi connectivity index (χ4n) is 3.61. The number of aryl methyl sites for hydroxylation is 1. The van der Waals surface area contributed by atoms with Crippen molar-refractivity contribution in [3.8, 4) is 0 Å². The molecule has 0 bridgehead atoms. The predicted octanol–water partition coefficient (Wildman–Crippen LogP) is 3.84. The van der Waals surface area contributed by atoms with Gasteiger partial charge in [-0.15, -0.1) is 0 Å². The van der Waals surface area contributed by atoms with E-state index < -0.39 is 0 Å². The number of imidazole rings is 1. The summed E-state index contributed by atoms with van der Waals surface area (Å²) in [5, 5.41) is 3.80. The Balaban J connectivity index is 1.94. The van der Waals surface area contributed by atoms with Crippen molar-refractivity contribution in [2.24, 2.45) is 17.8 Å². The Morgan fingerprint density at radius 3 is 2.90 bits per heavy atom. The molecule has 1 fully saturated rings. The zero-order valence-corrected chi connectivity index (χ0v) is 13.6. The summed E-state index contributed by atoms with van der Waals surface area (Å²) in [5.74, 6) is 3.64. The molecule has 0 aromatic carbocycles. The van der Waals surface area contributed by atoms with Gasteiger partial charge >= 0.3 is 0 Å². The van der Waals surface area contributed by atoms with Gasteiger partial charge in [-0.05, 0) is 37.0 Å². The number of hydrogen-bond acceptors (Lipinski definition) is 2. The van der Waals surface area contributed by atoms with Crippen molar-refractivity contribution in [1.82, 2.24) is 14.9 Å². The zero-order chi connectivity index (χ0) is 14.5. The van der Waals surface area contributed by atoms with Gasteiger partial charge in [0.1, 0.15) is 5.82 Å². The third-order valence-corrected chi connectivity index (χ3v) is 4.81. The Morgan fingerprint density at radius 2 is 2.20 bits per heavy atom. The molecular weight excluding hydrogens is 246 g/mol. The number of hydrogen-bond donors (Lipinski definition) is 1. The van der Waals surface area contributed by atoms with Gasteiger partial charge < -0.3 is 9.88 Å². The molecule has 3 unspecified atom stereocenters. The van der Waals surface area contributed by atoms with Crippen LogP contribution in [0.4, 0.5) is 0 Å². The van der Waals surface area contributed by atoms with E-state index in [1.807, 2.05) is 6.20 Å². The molecule has 3 nitrogen and oxygen atoms in total. The van der Waals surface area contributed by atoms with Crippen LogP contribution in [0, 0.1) is 17.8 Å². The highest BCUT2D eigenvalue weighted by Crippen LogP contribution is 2.33. The molecule has 20 heavy (non-hydrogen) atoms. The first-order chi connectivity index (χ1) is 9.61. The maximum atomic E-state index is 4.51. The fraction of sp³-hybridized carbons (Fsp3) is 0.824. The summed E-state index contributed by atoms with van der Waals surface area (Å²) in [5.41, 5.74) is 0. The number of rotatable bonds is 6. The number of nitrogens with zero attached hydrogens (tertiary/aromatic N) is 2. The molecule has 2 rings (SSSR count). The van der Waals surface area contributed by atoms with Crippen LogP contribution in [0.1, 0.15) is 59.2 Å². The van der Waals surface area contributed by atoms with Gasteiger partial charge in [0.25, 0.3) is 0 Å². The molecule has 0 amide bonds. The van der Waals surface area contributed by atoms with E-state index in [0.29, 0.717) is 6.04 Å². The highest BCUT2D eigenvalue weighted by Gasteiger charge is 2.30. The predicted molar refractivity (Wildman–Crippen MR) is 84.5 cm³/mol. The third kappa shape index (κ3) is 3.85. The molecule has 1 aromatic heterocycles.